The Morgan fingerprint density at radius 3 is 1.74 bits per heavy atom. The SMILES string of the molecule is CO[C](=[W])C1=C(C)N(C)C=C2c3ccccc3-c3ccccc3C21.[C-]#[O+].[C-]#[O+].[C-]#[O+].[C-]#[O+].[C-]#[O+]. The van der Waals surface area contributed by atoms with Crippen molar-refractivity contribution in [1.29, 1.82) is 0 Å². The molecule has 4 rings (SSSR count). The van der Waals surface area contributed by atoms with Crippen molar-refractivity contribution < 1.29 is 47.4 Å². The number of ether oxygens (including phenoxy) is 1. The van der Waals surface area contributed by atoms with Crippen molar-refractivity contribution in [1.82, 2.24) is 4.90 Å². The zero-order valence-corrected chi connectivity index (χ0v) is 21.5. The fourth-order valence-electron chi connectivity index (χ4n) is 3.82. The quantitative estimate of drug-likeness (QED) is 0.369. The Bertz CT molecular complexity index is 1100. The van der Waals surface area contributed by atoms with Crippen LogP contribution in [0.3, 0.4) is 0 Å². The van der Waals surface area contributed by atoms with Gasteiger partial charge in [-0.3, -0.25) is 0 Å². The van der Waals surface area contributed by atoms with Crippen molar-refractivity contribution in [2.75, 3.05) is 14.2 Å². The van der Waals surface area contributed by atoms with Crippen molar-refractivity contribution in [2.24, 2.45) is 0 Å². The number of hydrogen-bond donors (Lipinski definition) is 0. The second-order valence-corrected chi connectivity index (χ2v) is 7.58. The third kappa shape index (κ3) is 6.97. The minimum absolute atomic E-state index is 0.250. The van der Waals surface area contributed by atoms with Gasteiger partial charge >= 0.3 is 210 Å². The van der Waals surface area contributed by atoms with Gasteiger partial charge in [0, 0.05) is 0 Å². The molecule has 1 aliphatic heterocycles. The van der Waals surface area contributed by atoms with Gasteiger partial charge in [0.05, 0.1) is 0 Å². The molecule has 0 amide bonds. The van der Waals surface area contributed by atoms with Gasteiger partial charge < -0.3 is 0 Å². The molecule has 0 spiro atoms. The average Bonchev–Trinajstić information content (AvgIpc) is 2.95. The molecule has 34 heavy (non-hydrogen) atoms. The molecular weight excluding hydrogens is 606 g/mol. The molecule has 1 atom stereocenters. The molecule has 170 valence electrons. The zero-order valence-electron chi connectivity index (χ0n) is 18.6. The molecule has 0 N–H and O–H groups in total. The van der Waals surface area contributed by atoms with E-state index in [1.54, 1.807) is 7.11 Å². The predicted molar refractivity (Wildman–Crippen MR) is 115 cm³/mol. The maximum absolute atomic E-state index is 7.50. The van der Waals surface area contributed by atoms with E-state index in [-0.39, 0.29) is 5.92 Å². The average molecular weight is 625 g/mol. The third-order valence-electron chi connectivity index (χ3n) is 5.06. The van der Waals surface area contributed by atoms with Crippen LogP contribution >= 0.6 is 0 Å². The minimum atomic E-state index is 0.250. The zero-order chi connectivity index (χ0) is 26.8. The molecule has 0 aromatic heterocycles. The number of benzene rings is 2. The fraction of sp³-hybridized carbons (Fsp3) is 0.154. The van der Waals surface area contributed by atoms with Gasteiger partial charge in [-0.05, 0) is 0 Å². The van der Waals surface area contributed by atoms with Crippen LogP contribution in [0.25, 0.3) is 16.7 Å². The summed E-state index contributed by atoms with van der Waals surface area (Å²) in [5.74, 6) is 0.250. The number of allylic oxidation sites excluding steroid dienone is 2. The summed E-state index contributed by atoms with van der Waals surface area (Å²) >= 11 is 1.37. The van der Waals surface area contributed by atoms with E-state index in [1.165, 1.54) is 58.5 Å². The van der Waals surface area contributed by atoms with E-state index >= 15 is 0 Å². The molecule has 2 aromatic carbocycles. The van der Waals surface area contributed by atoms with Gasteiger partial charge in [-0.15, -0.1) is 0 Å². The van der Waals surface area contributed by atoms with Crippen molar-refractivity contribution in [3.05, 3.63) is 110 Å². The first-order valence-electron chi connectivity index (χ1n) is 9.08. The summed E-state index contributed by atoms with van der Waals surface area (Å²) in [6.45, 7) is 24.7. The molecular formula is C26H19NO6W. The Morgan fingerprint density at radius 2 is 1.24 bits per heavy atom. The maximum atomic E-state index is 7.50. The summed E-state index contributed by atoms with van der Waals surface area (Å²) in [7, 11) is 3.91. The van der Waals surface area contributed by atoms with Crippen LogP contribution in [0.1, 0.15) is 24.0 Å². The van der Waals surface area contributed by atoms with E-state index in [2.05, 4.69) is 107 Å². The number of methoxy groups -OCH3 is 1. The van der Waals surface area contributed by atoms with Crippen LogP contribution in [-0.2, 0) is 47.4 Å². The van der Waals surface area contributed by atoms with Gasteiger partial charge in [0.15, 0.2) is 0 Å². The molecule has 0 saturated heterocycles. The van der Waals surface area contributed by atoms with Crippen LogP contribution in [0, 0.1) is 33.3 Å². The van der Waals surface area contributed by atoms with E-state index in [9.17, 15) is 0 Å². The summed E-state index contributed by atoms with van der Waals surface area (Å²) in [6, 6.07) is 17.5. The van der Waals surface area contributed by atoms with E-state index in [1.807, 2.05) is 0 Å². The van der Waals surface area contributed by atoms with E-state index in [4.69, 9.17) is 28.0 Å². The fourth-order valence-corrected chi connectivity index (χ4v) is 4.78. The van der Waals surface area contributed by atoms with Gasteiger partial charge in [-0.25, -0.2) is 0 Å². The van der Waals surface area contributed by atoms with E-state index < -0.39 is 0 Å². The Kier molecular flexibility index (Phi) is 17.9. The summed E-state index contributed by atoms with van der Waals surface area (Å²) in [6.07, 6.45) is 2.29. The van der Waals surface area contributed by atoms with E-state index in [0.29, 0.717) is 0 Å². The molecule has 0 bridgehead atoms. The molecule has 1 heterocycles. The van der Waals surface area contributed by atoms with Crippen molar-refractivity contribution in [3.8, 4) is 11.1 Å². The Labute approximate surface area is 210 Å². The topological polar surface area (TPSA) is 112 Å². The third-order valence-corrected chi connectivity index (χ3v) is 6.45. The van der Waals surface area contributed by atoms with Crippen molar-refractivity contribution in [3.63, 3.8) is 0 Å². The Hall–Kier alpha value is -3.06. The van der Waals surface area contributed by atoms with Crippen molar-refractivity contribution >= 4 is 9.66 Å². The van der Waals surface area contributed by atoms with Crippen LogP contribution in [0.2, 0.25) is 0 Å². The monoisotopic (exact) mass is 625 g/mol. The van der Waals surface area contributed by atoms with Gasteiger partial charge in [0.2, 0.25) is 0 Å². The number of hydrogen-bond acceptors (Lipinski definition) is 2. The van der Waals surface area contributed by atoms with E-state index in [0.717, 1.165) is 4.08 Å². The van der Waals surface area contributed by atoms with Crippen molar-refractivity contribution in [2.45, 2.75) is 12.8 Å². The second kappa shape index (κ2) is 18.4. The van der Waals surface area contributed by atoms with Crippen LogP contribution in [0.5, 0.6) is 0 Å². The first-order chi connectivity index (χ1) is 16.6. The molecule has 8 heteroatoms. The molecule has 0 radical (unpaired) electrons. The summed E-state index contributed by atoms with van der Waals surface area (Å²) < 4.78 is 44.3. The number of fused-ring (bicyclic) bond motifs is 6. The first kappa shape index (κ1) is 33.1. The van der Waals surface area contributed by atoms with Crippen LogP contribution in [0.15, 0.2) is 66.0 Å². The molecule has 2 aromatic rings. The Balaban J connectivity index is 0. The standard InChI is InChI=1S/C21H19NO.5CO.W/c1-14-20(13-23-3)21-18-11-7-6-9-16(18)15-8-4-5-10-17(15)19(21)12-22(14)2;5*1-2;/h4-12,21H,1-3H3;;;;;;. The van der Waals surface area contributed by atoms with Crippen LogP contribution < -0.4 is 0 Å². The molecule has 1 unspecified atom stereocenters. The molecule has 7 nitrogen and oxygen atoms in total. The first-order valence-corrected chi connectivity index (χ1v) is 10.5. The molecule has 0 fully saturated rings. The molecule has 1 aliphatic carbocycles. The Morgan fingerprint density at radius 1 is 0.794 bits per heavy atom. The van der Waals surface area contributed by atoms with Gasteiger partial charge in [0.25, 0.3) is 0 Å². The summed E-state index contributed by atoms with van der Waals surface area (Å²) in [4.78, 5) is 2.23. The van der Waals surface area contributed by atoms with Crippen LogP contribution in [-0.4, -0.2) is 23.1 Å². The molecule has 0 saturated carbocycles. The number of rotatable bonds is 2. The van der Waals surface area contributed by atoms with Crippen LogP contribution in [0.4, 0.5) is 0 Å². The normalized spacial score (nSPS) is 13.4. The van der Waals surface area contributed by atoms with Gasteiger partial charge in [-0.1, -0.05) is 0 Å². The second-order valence-electron chi connectivity index (χ2n) is 6.25. The number of nitrogens with zero attached hydrogens (tertiary/aromatic N) is 1. The van der Waals surface area contributed by atoms with Gasteiger partial charge in [0.1, 0.15) is 0 Å². The summed E-state index contributed by atoms with van der Waals surface area (Å²) in [5, 5.41) is 0. The molecule has 2 aliphatic rings. The summed E-state index contributed by atoms with van der Waals surface area (Å²) in [5.41, 5.74) is 9.31. The van der Waals surface area contributed by atoms with Gasteiger partial charge in [-0.2, -0.15) is 0 Å². The predicted octanol–water partition coefficient (Wildman–Crippen LogP) is 4.15.